The number of rotatable bonds is 4. The fourth-order valence-corrected chi connectivity index (χ4v) is 3.52. The fourth-order valence-electron chi connectivity index (χ4n) is 3.40. The topological polar surface area (TPSA) is 63.5 Å². The third-order valence-corrected chi connectivity index (χ3v) is 5.08. The highest BCUT2D eigenvalue weighted by molar-refractivity contribution is 6.30. The first-order valence-electron chi connectivity index (χ1n) is 9.32. The molecule has 0 saturated heterocycles. The maximum atomic E-state index is 13.1. The largest absolute Gasteiger partial charge is 0.306 e. The molecule has 0 fully saturated rings. The number of nitrogens with one attached hydrogen (secondary N) is 1. The molecule has 5 nitrogen and oxygen atoms in total. The summed E-state index contributed by atoms with van der Waals surface area (Å²) in [5, 5.41) is 5.95. The van der Waals surface area contributed by atoms with Gasteiger partial charge in [0.15, 0.2) is 0 Å². The number of nitrogens with zero attached hydrogens (tertiary/aromatic N) is 2. The van der Waals surface area contributed by atoms with E-state index in [1.807, 2.05) is 48.5 Å². The van der Waals surface area contributed by atoms with Crippen LogP contribution in [0.5, 0.6) is 0 Å². The number of hydrazone groups is 1. The summed E-state index contributed by atoms with van der Waals surface area (Å²) >= 11 is 5.89. The maximum absolute atomic E-state index is 13.1. The van der Waals surface area contributed by atoms with Crippen molar-refractivity contribution in [2.24, 2.45) is 12.1 Å². The highest BCUT2D eigenvalue weighted by Crippen LogP contribution is 2.30. The quantitative estimate of drug-likeness (QED) is 0.390. The third-order valence-electron chi connectivity index (χ3n) is 4.83. The highest BCUT2D eigenvalue weighted by atomic mass is 35.5. The number of carbonyl (C=O) groups excluding carboxylic acids is 1. The molecular formula is C24H18ClN3O2. The Morgan fingerprint density at radius 1 is 0.933 bits per heavy atom. The van der Waals surface area contributed by atoms with Crippen LogP contribution in [0.25, 0.3) is 21.9 Å². The zero-order chi connectivity index (χ0) is 21.1. The first kappa shape index (κ1) is 19.6. The van der Waals surface area contributed by atoms with E-state index in [0.29, 0.717) is 16.0 Å². The molecular weight excluding hydrogens is 398 g/mol. The summed E-state index contributed by atoms with van der Waals surface area (Å²) in [6.07, 6.45) is 1.52. The lowest BCUT2D eigenvalue weighted by atomic mass is 9.96. The minimum Gasteiger partial charge on any atom is -0.306 e. The number of carbonyl (C=O) groups is 1. The number of aromatic nitrogens is 1. The summed E-state index contributed by atoms with van der Waals surface area (Å²) in [4.78, 5) is 26.0. The van der Waals surface area contributed by atoms with Gasteiger partial charge in [0.2, 0.25) is 0 Å². The zero-order valence-corrected chi connectivity index (χ0v) is 16.9. The summed E-state index contributed by atoms with van der Waals surface area (Å²) in [5.41, 5.74) is 4.87. The van der Waals surface area contributed by atoms with Gasteiger partial charge in [-0.15, -0.1) is 0 Å². The SMILES string of the molecule is Cn1c(C(=O)N/N=C/c2ccc(Cl)cc2)c(-c2ccccc2)c2ccccc2c1=O. The predicted molar refractivity (Wildman–Crippen MR) is 121 cm³/mol. The summed E-state index contributed by atoms with van der Waals surface area (Å²) in [6, 6.07) is 23.9. The van der Waals surface area contributed by atoms with Gasteiger partial charge >= 0.3 is 0 Å². The van der Waals surface area contributed by atoms with Gasteiger partial charge in [-0.2, -0.15) is 5.10 Å². The van der Waals surface area contributed by atoms with E-state index in [4.69, 9.17) is 11.6 Å². The van der Waals surface area contributed by atoms with Crippen LogP contribution in [0.3, 0.4) is 0 Å². The molecule has 6 heteroatoms. The Balaban J connectivity index is 1.81. The first-order chi connectivity index (χ1) is 14.6. The fraction of sp³-hybridized carbons (Fsp3) is 0.0417. The first-order valence-corrected chi connectivity index (χ1v) is 9.70. The zero-order valence-electron chi connectivity index (χ0n) is 16.2. The molecule has 1 amide bonds. The lowest BCUT2D eigenvalue weighted by Gasteiger charge is -2.16. The van der Waals surface area contributed by atoms with Crippen LogP contribution >= 0.6 is 11.6 Å². The molecule has 0 radical (unpaired) electrons. The lowest BCUT2D eigenvalue weighted by Crippen LogP contribution is -2.30. The van der Waals surface area contributed by atoms with Crippen molar-refractivity contribution in [2.75, 3.05) is 0 Å². The molecule has 148 valence electrons. The summed E-state index contributed by atoms with van der Waals surface area (Å²) in [5.74, 6) is -0.468. The highest BCUT2D eigenvalue weighted by Gasteiger charge is 2.21. The van der Waals surface area contributed by atoms with Gasteiger partial charge in [0.1, 0.15) is 5.69 Å². The molecule has 0 unspecified atom stereocenters. The summed E-state index contributed by atoms with van der Waals surface area (Å²) in [7, 11) is 1.60. The average Bonchev–Trinajstić information content (AvgIpc) is 2.78. The standard InChI is InChI=1S/C24H18ClN3O2/c1-28-22(23(29)27-26-15-16-11-13-18(25)14-12-16)21(17-7-3-2-4-8-17)19-9-5-6-10-20(19)24(28)30/h2-15H,1H3,(H,27,29)/b26-15+. The molecule has 0 aliphatic rings. The van der Waals surface area contributed by atoms with Gasteiger partial charge in [-0.25, -0.2) is 5.43 Å². The van der Waals surface area contributed by atoms with Gasteiger partial charge in [-0.1, -0.05) is 72.3 Å². The van der Waals surface area contributed by atoms with Crippen molar-refractivity contribution >= 4 is 34.5 Å². The monoisotopic (exact) mass is 415 g/mol. The molecule has 1 aromatic heterocycles. The van der Waals surface area contributed by atoms with Crippen molar-refractivity contribution in [2.45, 2.75) is 0 Å². The number of halogens is 1. The van der Waals surface area contributed by atoms with Gasteiger partial charge in [-0.05, 0) is 34.7 Å². The van der Waals surface area contributed by atoms with Gasteiger partial charge in [0.25, 0.3) is 11.5 Å². The van der Waals surface area contributed by atoms with Crippen LogP contribution in [0.4, 0.5) is 0 Å². The Hall–Kier alpha value is -3.70. The molecule has 1 heterocycles. The van der Waals surface area contributed by atoms with Gasteiger partial charge in [0.05, 0.1) is 6.21 Å². The molecule has 0 saturated carbocycles. The Morgan fingerprint density at radius 2 is 1.57 bits per heavy atom. The van der Waals surface area contributed by atoms with Crippen molar-refractivity contribution in [3.8, 4) is 11.1 Å². The molecule has 4 aromatic rings. The van der Waals surface area contributed by atoms with Gasteiger partial charge in [0, 0.05) is 23.0 Å². The molecule has 3 aromatic carbocycles. The molecule has 4 rings (SSSR count). The van der Waals surface area contributed by atoms with Crippen molar-refractivity contribution in [1.82, 2.24) is 9.99 Å². The minimum atomic E-state index is -0.468. The Morgan fingerprint density at radius 3 is 2.27 bits per heavy atom. The van der Waals surface area contributed by atoms with Crippen LogP contribution in [0.2, 0.25) is 5.02 Å². The van der Waals surface area contributed by atoms with Crippen molar-refractivity contribution < 1.29 is 4.79 Å². The van der Waals surface area contributed by atoms with E-state index in [0.717, 1.165) is 16.5 Å². The second kappa shape index (κ2) is 8.35. The molecule has 1 N–H and O–H groups in total. The minimum absolute atomic E-state index is 0.239. The van der Waals surface area contributed by atoms with Crippen LogP contribution in [0.15, 0.2) is 88.8 Å². The number of fused-ring (bicyclic) bond motifs is 1. The smallest absolute Gasteiger partial charge is 0.288 e. The molecule has 0 aliphatic heterocycles. The molecule has 0 spiro atoms. The Kier molecular flexibility index (Phi) is 5.46. The number of hydrogen-bond acceptors (Lipinski definition) is 3. The third kappa shape index (κ3) is 3.75. The van der Waals surface area contributed by atoms with Crippen LogP contribution in [0, 0.1) is 0 Å². The Bertz CT molecular complexity index is 1310. The van der Waals surface area contributed by atoms with E-state index in [9.17, 15) is 9.59 Å². The summed E-state index contributed by atoms with van der Waals surface area (Å²) < 4.78 is 1.37. The van der Waals surface area contributed by atoms with Gasteiger partial charge in [-0.3, -0.25) is 9.59 Å². The van der Waals surface area contributed by atoms with E-state index in [1.165, 1.54) is 10.8 Å². The lowest BCUT2D eigenvalue weighted by molar-refractivity contribution is 0.0947. The number of pyridine rings is 1. The van der Waals surface area contributed by atoms with Crippen LogP contribution in [0.1, 0.15) is 16.1 Å². The van der Waals surface area contributed by atoms with E-state index >= 15 is 0 Å². The van der Waals surface area contributed by atoms with E-state index in [1.54, 1.807) is 37.4 Å². The van der Waals surface area contributed by atoms with Crippen LogP contribution in [-0.4, -0.2) is 16.7 Å². The Labute approximate surface area is 178 Å². The molecule has 30 heavy (non-hydrogen) atoms. The van der Waals surface area contributed by atoms with Crippen LogP contribution in [-0.2, 0) is 7.05 Å². The van der Waals surface area contributed by atoms with Gasteiger partial charge < -0.3 is 4.57 Å². The second-order valence-corrected chi connectivity index (χ2v) is 7.19. The van der Waals surface area contributed by atoms with Crippen molar-refractivity contribution in [3.63, 3.8) is 0 Å². The maximum Gasteiger partial charge on any atom is 0.288 e. The number of hydrogen-bond donors (Lipinski definition) is 1. The molecule has 0 aliphatic carbocycles. The predicted octanol–water partition coefficient (Wildman–Crippen LogP) is 4.62. The van der Waals surface area contributed by atoms with E-state index in [-0.39, 0.29) is 11.3 Å². The summed E-state index contributed by atoms with van der Waals surface area (Å²) in [6.45, 7) is 0. The van der Waals surface area contributed by atoms with E-state index < -0.39 is 5.91 Å². The normalized spacial score (nSPS) is 11.1. The van der Waals surface area contributed by atoms with E-state index in [2.05, 4.69) is 10.5 Å². The van der Waals surface area contributed by atoms with Crippen LogP contribution < -0.4 is 11.0 Å². The second-order valence-electron chi connectivity index (χ2n) is 6.75. The number of benzene rings is 3. The molecule has 0 atom stereocenters. The average molecular weight is 416 g/mol. The molecule has 0 bridgehead atoms. The van der Waals surface area contributed by atoms with Crippen molar-refractivity contribution in [1.29, 1.82) is 0 Å². The number of amides is 1. The van der Waals surface area contributed by atoms with Crippen molar-refractivity contribution in [3.05, 3.63) is 105 Å².